The molecule has 1 aliphatic heterocycles. The van der Waals surface area contributed by atoms with Gasteiger partial charge >= 0.3 is 18.3 Å². The van der Waals surface area contributed by atoms with E-state index in [1.54, 1.807) is 30.5 Å². The van der Waals surface area contributed by atoms with Gasteiger partial charge in [-0.05, 0) is 60.7 Å². The van der Waals surface area contributed by atoms with Crippen LogP contribution in [-0.2, 0) is 11.0 Å². The van der Waals surface area contributed by atoms with Crippen molar-refractivity contribution in [2.24, 2.45) is 0 Å². The molecule has 1 aliphatic rings. The zero-order valence-corrected chi connectivity index (χ0v) is 21.8. The van der Waals surface area contributed by atoms with Crippen molar-refractivity contribution in [1.82, 2.24) is 15.0 Å². The van der Waals surface area contributed by atoms with Gasteiger partial charge in [0.1, 0.15) is 11.6 Å². The highest BCUT2D eigenvalue weighted by atomic mass is 35.5. The Morgan fingerprint density at radius 3 is 2.15 bits per heavy atom. The standard InChI is InChI=1S/C24H19Cl2F3N4.C2HF3O2/c25-18-12-20-21(13-19(18)26)32-22(31-20)17-2-1-9-30-23(17)33-10-7-15(8-11-33)14-3-5-16(6-4-14)24(27,28)29;3-2(4,5)1(6)7/h1-6,9,12-13,15H,7-8,10-11H2,(H,31,32);(H,6,7). The van der Waals surface area contributed by atoms with E-state index in [9.17, 15) is 26.3 Å². The van der Waals surface area contributed by atoms with Crippen molar-refractivity contribution in [2.75, 3.05) is 18.0 Å². The average Bonchev–Trinajstić information content (AvgIpc) is 3.31. The fraction of sp³-hybridized carbons (Fsp3) is 0.269. The minimum Gasteiger partial charge on any atom is -0.475 e. The molecular weight excluding hydrogens is 585 g/mol. The predicted molar refractivity (Wildman–Crippen MR) is 139 cm³/mol. The molecular formula is C26H20Cl2F6N4O2. The van der Waals surface area contributed by atoms with Crippen LogP contribution < -0.4 is 4.90 Å². The largest absolute Gasteiger partial charge is 0.490 e. The third kappa shape index (κ3) is 6.79. The third-order valence-corrected chi connectivity index (χ3v) is 7.03. The highest BCUT2D eigenvalue weighted by molar-refractivity contribution is 6.42. The van der Waals surface area contributed by atoms with E-state index < -0.39 is 23.9 Å². The molecule has 4 aromatic rings. The molecule has 40 heavy (non-hydrogen) atoms. The molecule has 0 radical (unpaired) electrons. The summed E-state index contributed by atoms with van der Waals surface area (Å²) in [6, 6.07) is 12.8. The van der Waals surface area contributed by atoms with Crippen LogP contribution in [0.4, 0.5) is 32.2 Å². The average molecular weight is 605 g/mol. The zero-order chi connectivity index (χ0) is 29.2. The first-order valence-corrected chi connectivity index (χ1v) is 12.5. The van der Waals surface area contributed by atoms with Gasteiger partial charge in [-0.3, -0.25) is 0 Å². The Labute approximate surface area is 233 Å². The number of pyridine rings is 1. The number of carbonyl (C=O) groups is 1. The van der Waals surface area contributed by atoms with E-state index in [1.807, 2.05) is 12.1 Å². The van der Waals surface area contributed by atoms with Crippen LogP contribution in [0.15, 0.2) is 54.7 Å². The lowest BCUT2D eigenvalue weighted by atomic mass is 9.89. The van der Waals surface area contributed by atoms with Crippen molar-refractivity contribution in [2.45, 2.75) is 31.1 Å². The number of nitrogens with zero attached hydrogens (tertiary/aromatic N) is 3. The van der Waals surface area contributed by atoms with Gasteiger partial charge < -0.3 is 15.0 Å². The van der Waals surface area contributed by atoms with Crippen molar-refractivity contribution in [3.63, 3.8) is 0 Å². The lowest BCUT2D eigenvalue weighted by molar-refractivity contribution is -0.192. The highest BCUT2D eigenvalue weighted by Gasteiger charge is 2.38. The predicted octanol–water partition coefficient (Wildman–Crippen LogP) is 7.97. The maximum Gasteiger partial charge on any atom is 0.490 e. The minimum atomic E-state index is -5.08. The number of carboxylic acid groups (broad SMARTS) is 1. The number of halogens is 8. The number of anilines is 1. The van der Waals surface area contributed by atoms with Gasteiger partial charge in [0, 0.05) is 19.3 Å². The number of imidazole rings is 1. The Balaban J connectivity index is 0.000000470. The number of alkyl halides is 6. The summed E-state index contributed by atoms with van der Waals surface area (Å²) in [5.74, 6) is -1.05. The molecule has 2 aromatic carbocycles. The number of hydrogen-bond donors (Lipinski definition) is 2. The summed E-state index contributed by atoms with van der Waals surface area (Å²) in [6.45, 7) is 1.49. The number of hydrogen-bond acceptors (Lipinski definition) is 4. The molecule has 2 N–H and O–H groups in total. The Bertz CT molecular complexity index is 1460. The van der Waals surface area contributed by atoms with Crippen molar-refractivity contribution in [3.8, 4) is 11.4 Å². The van der Waals surface area contributed by atoms with Crippen molar-refractivity contribution < 1.29 is 36.2 Å². The molecule has 0 atom stereocenters. The van der Waals surface area contributed by atoms with E-state index in [-0.39, 0.29) is 5.92 Å². The number of piperidine rings is 1. The summed E-state index contributed by atoms with van der Waals surface area (Å²) in [5.41, 5.74) is 2.70. The Kier molecular flexibility index (Phi) is 8.50. The second-order valence-electron chi connectivity index (χ2n) is 8.93. The molecule has 0 bridgehead atoms. The van der Waals surface area contributed by atoms with E-state index in [2.05, 4.69) is 19.9 Å². The van der Waals surface area contributed by atoms with Crippen LogP contribution in [0.2, 0.25) is 10.0 Å². The number of rotatable bonds is 3. The summed E-state index contributed by atoms with van der Waals surface area (Å²) in [6.07, 6.45) is -6.00. The van der Waals surface area contributed by atoms with Gasteiger partial charge in [-0.2, -0.15) is 26.3 Å². The molecule has 0 unspecified atom stereocenters. The van der Waals surface area contributed by atoms with Crippen LogP contribution in [0, 0.1) is 0 Å². The van der Waals surface area contributed by atoms with Crippen LogP contribution in [0.3, 0.4) is 0 Å². The number of aromatic amines is 1. The topological polar surface area (TPSA) is 82.1 Å². The first-order valence-electron chi connectivity index (χ1n) is 11.8. The normalized spacial score (nSPS) is 14.7. The van der Waals surface area contributed by atoms with Gasteiger partial charge in [-0.15, -0.1) is 0 Å². The Hall–Kier alpha value is -3.51. The van der Waals surface area contributed by atoms with Gasteiger partial charge in [-0.25, -0.2) is 14.8 Å². The van der Waals surface area contributed by atoms with Gasteiger partial charge in [0.15, 0.2) is 0 Å². The van der Waals surface area contributed by atoms with E-state index in [0.29, 0.717) is 15.9 Å². The third-order valence-electron chi connectivity index (χ3n) is 6.31. The Morgan fingerprint density at radius 1 is 0.975 bits per heavy atom. The summed E-state index contributed by atoms with van der Waals surface area (Å²) < 4.78 is 70.3. The second-order valence-corrected chi connectivity index (χ2v) is 9.74. The monoisotopic (exact) mass is 604 g/mol. The fourth-order valence-electron chi connectivity index (χ4n) is 4.34. The van der Waals surface area contributed by atoms with E-state index in [0.717, 1.165) is 53.9 Å². The molecule has 0 amide bonds. The van der Waals surface area contributed by atoms with Gasteiger partial charge in [-0.1, -0.05) is 35.3 Å². The maximum atomic E-state index is 12.9. The van der Waals surface area contributed by atoms with E-state index in [1.165, 1.54) is 12.1 Å². The number of fused-ring (bicyclic) bond motifs is 1. The molecule has 1 saturated heterocycles. The molecule has 212 valence electrons. The fourth-order valence-corrected chi connectivity index (χ4v) is 4.66. The van der Waals surface area contributed by atoms with Crippen molar-refractivity contribution >= 4 is 46.0 Å². The summed E-state index contributed by atoms with van der Waals surface area (Å²) >= 11 is 12.3. The minimum absolute atomic E-state index is 0.214. The Morgan fingerprint density at radius 2 is 1.57 bits per heavy atom. The van der Waals surface area contributed by atoms with E-state index >= 15 is 0 Å². The van der Waals surface area contributed by atoms with Crippen molar-refractivity contribution in [1.29, 1.82) is 0 Å². The van der Waals surface area contributed by atoms with Crippen LogP contribution in [-0.4, -0.2) is 45.3 Å². The van der Waals surface area contributed by atoms with E-state index in [4.69, 9.17) is 33.1 Å². The zero-order valence-electron chi connectivity index (χ0n) is 20.3. The number of H-pyrrole nitrogens is 1. The summed E-state index contributed by atoms with van der Waals surface area (Å²) in [7, 11) is 0. The smallest absolute Gasteiger partial charge is 0.475 e. The first kappa shape index (κ1) is 29.5. The first-order chi connectivity index (χ1) is 18.7. The van der Waals surface area contributed by atoms with Crippen LogP contribution in [0.25, 0.3) is 22.4 Å². The number of nitrogens with one attached hydrogen (secondary N) is 1. The lowest BCUT2D eigenvalue weighted by Gasteiger charge is -2.34. The number of aliphatic carboxylic acids is 1. The van der Waals surface area contributed by atoms with Crippen LogP contribution >= 0.6 is 23.2 Å². The molecule has 5 rings (SSSR count). The van der Waals surface area contributed by atoms with Gasteiger partial charge in [0.25, 0.3) is 0 Å². The molecule has 3 heterocycles. The summed E-state index contributed by atoms with van der Waals surface area (Å²) in [5, 5.41) is 8.02. The molecule has 0 spiro atoms. The molecule has 0 saturated carbocycles. The number of benzene rings is 2. The molecule has 2 aromatic heterocycles. The number of aromatic nitrogens is 3. The van der Waals surface area contributed by atoms with Crippen molar-refractivity contribution in [3.05, 3.63) is 75.9 Å². The molecule has 1 fully saturated rings. The lowest BCUT2D eigenvalue weighted by Crippen LogP contribution is -2.33. The number of carboxylic acids is 1. The summed E-state index contributed by atoms with van der Waals surface area (Å²) in [4.78, 5) is 23.7. The molecule has 14 heteroatoms. The molecule has 0 aliphatic carbocycles. The highest BCUT2D eigenvalue weighted by Crippen LogP contribution is 2.36. The quantitative estimate of drug-likeness (QED) is 0.232. The maximum absolute atomic E-state index is 12.9. The van der Waals surface area contributed by atoms with Crippen LogP contribution in [0.1, 0.15) is 29.9 Å². The SMILES string of the molecule is FC(F)(F)c1ccc(C2CCN(c3ncccc3-c3nc4cc(Cl)c(Cl)cc4[nH]3)CC2)cc1.O=C(O)C(F)(F)F. The van der Waals surface area contributed by atoms with Gasteiger partial charge in [0.05, 0.1) is 32.2 Å². The molecule has 6 nitrogen and oxygen atoms in total. The van der Waals surface area contributed by atoms with Gasteiger partial charge in [0.2, 0.25) is 0 Å². The van der Waals surface area contributed by atoms with Crippen LogP contribution in [0.5, 0.6) is 0 Å². The second kappa shape index (κ2) is 11.5.